The number of aliphatic hydroxyl groups excluding tert-OH is 1. The van der Waals surface area contributed by atoms with Crippen molar-refractivity contribution in [1.82, 2.24) is 4.90 Å². The molecule has 1 aromatic rings. The third kappa shape index (κ3) is 2.91. The Kier molecular flexibility index (Phi) is 4.37. The summed E-state index contributed by atoms with van der Waals surface area (Å²) in [4.78, 5) is 13.7. The smallest absolute Gasteiger partial charge is 0.222 e. The molecule has 1 aliphatic rings. The minimum Gasteiger partial charge on any atom is -0.391 e. The molecule has 1 N–H and O–H groups in total. The predicted octanol–water partition coefficient (Wildman–Crippen LogP) is 1.99. The first-order valence-corrected chi connectivity index (χ1v) is 6.74. The summed E-state index contributed by atoms with van der Waals surface area (Å²) in [6, 6.07) is 10.0. The Morgan fingerprint density at radius 3 is 2.61 bits per heavy atom. The Hall–Kier alpha value is -1.35. The van der Waals surface area contributed by atoms with E-state index in [1.54, 1.807) is 0 Å². The number of rotatable bonds is 5. The second-order valence-corrected chi connectivity index (χ2v) is 4.92. The van der Waals surface area contributed by atoms with Crippen molar-refractivity contribution >= 4 is 5.91 Å². The highest BCUT2D eigenvalue weighted by Crippen LogP contribution is 2.20. The number of amides is 1. The topological polar surface area (TPSA) is 40.5 Å². The van der Waals surface area contributed by atoms with Gasteiger partial charge in [0.15, 0.2) is 0 Å². The first-order valence-electron chi connectivity index (χ1n) is 6.74. The average Bonchev–Trinajstić information content (AvgIpc) is 2.82. The molecule has 2 rings (SSSR count). The van der Waals surface area contributed by atoms with Gasteiger partial charge in [0.1, 0.15) is 0 Å². The molecular formula is C15H21NO2. The SMILES string of the molecule is CCC(O)C(Cc1ccccc1)N1CCCC1=O. The highest BCUT2D eigenvalue weighted by molar-refractivity contribution is 5.78. The molecule has 1 fully saturated rings. The van der Waals surface area contributed by atoms with Crippen LogP contribution in [0.4, 0.5) is 0 Å². The molecule has 2 atom stereocenters. The van der Waals surface area contributed by atoms with E-state index in [9.17, 15) is 9.90 Å². The second kappa shape index (κ2) is 6.01. The maximum atomic E-state index is 11.8. The van der Waals surface area contributed by atoms with Gasteiger partial charge >= 0.3 is 0 Å². The summed E-state index contributed by atoms with van der Waals surface area (Å²) in [6.45, 7) is 2.75. The van der Waals surface area contributed by atoms with Crippen molar-refractivity contribution in [1.29, 1.82) is 0 Å². The predicted molar refractivity (Wildman–Crippen MR) is 71.2 cm³/mol. The molecule has 1 aromatic carbocycles. The minimum atomic E-state index is -0.438. The normalized spacial score (nSPS) is 19.0. The van der Waals surface area contributed by atoms with E-state index in [4.69, 9.17) is 0 Å². The molecule has 1 amide bonds. The molecule has 1 aliphatic heterocycles. The quantitative estimate of drug-likeness (QED) is 0.864. The summed E-state index contributed by atoms with van der Waals surface area (Å²) < 4.78 is 0. The highest BCUT2D eigenvalue weighted by Gasteiger charge is 2.31. The zero-order chi connectivity index (χ0) is 13.0. The van der Waals surface area contributed by atoms with Crippen LogP contribution in [-0.2, 0) is 11.2 Å². The molecule has 98 valence electrons. The van der Waals surface area contributed by atoms with Crippen LogP contribution < -0.4 is 0 Å². The molecule has 1 heterocycles. The number of likely N-dealkylation sites (tertiary alicyclic amines) is 1. The largest absolute Gasteiger partial charge is 0.391 e. The van der Waals surface area contributed by atoms with Crippen molar-refractivity contribution in [3.8, 4) is 0 Å². The zero-order valence-corrected chi connectivity index (χ0v) is 10.9. The number of hydrogen-bond acceptors (Lipinski definition) is 2. The van der Waals surface area contributed by atoms with Crippen molar-refractivity contribution in [3.05, 3.63) is 35.9 Å². The molecule has 2 unspecified atom stereocenters. The summed E-state index contributed by atoms with van der Waals surface area (Å²) in [7, 11) is 0. The van der Waals surface area contributed by atoms with E-state index in [1.165, 1.54) is 5.56 Å². The molecule has 0 radical (unpaired) electrons. The molecule has 0 spiro atoms. The van der Waals surface area contributed by atoms with E-state index in [2.05, 4.69) is 12.1 Å². The van der Waals surface area contributed by atoms with E-state index < -0.39 is 6.10 Å². The van der Waals surface area contributed by atoms with Crippen molar-refractivity contribution in [2.24, 2.45) is 0 Å². The van der Waals surface area contributed by atoms with E-state index in [1.807, 2.05) is 30.0 Å². The van der Waals surface area contributed by atoms with Gasteiger partial charge in [-0.3, -0.25) is 4.79 Å². The summed E-state index contributed by atoms with van der Waals surface area (Å²) in [5.41, 5.74) is 1.18. The molecule has 1 saturated heterocycles. The van der Waals surface area contributed by atoms with Gasteiger partial charge < -0.3 is 10.0 Å². The molecule has 0 aliphatic carbocycles. The van der Waals surface area contributed by atoms with Gasteiger partial charge in [0.2, 0.25) is 5.91 Å². The fraction of sp³-hybridized carbons (Fsp3) is 0.533. The van der Waals surface area contributed by atoms with Crippen LogP contribution in [0.2, 0.25) is 0 Å². The van der Waals surface area contributed by atoms with E-state index >= 15 is 0 Å². The van der Waals surface area contributed by atoms with Crippen LogP contribution in [0.15, 0.2) is 30.3 Å². The number of carbonyl (C=O) groups is 1. The summed E-state index contributed by atoms with van der Waals surface area (Å²) in [5, 5.41) is 10.2. The number of benzene rings is 1. The third-order valence-corrected chi connectivity index (χ3v) is 3.66. The minimum absolute atomic E-state index is 0.0765. The van der Waals surface area contributed by atoms with Gasteiger partial charge in [0.05, 0.1) is 12.1 Å². The van der Waals surface area contributed by atoms with Gasteiger partial charge in [-0.1, -0.05) is 37.3 Å². The van der Waals surface area contributed by atoms with Gasteiger partial charge in [-0.15, -0.1) is 0 Å². The molecule has 0 saturated carbocycles. The van der Waals surface area contributed by atoms with Crippen LogP contribution in [-0.4, -0.2) is 34.6 Å². The maximum absolute atomic E-state index is 11.8. The number of carbonyl (C=O) groups excluding carboxylic acids is 1. The zero-order valence-electron chi connectivity index (χ0n) is 10.9. The van der Waals surface area contributed by atoms with Gasteiger partial charge in [0.25, 0.3) is 0 Å². The summed E-state index contributed by atoms with van der Waals surface area (Å²) in [6.07, 6.45) is 2.53. The lowest BCUT2D eigenvalue weighted by atomic mass is 9.98. The van der Waals surface area contributed by atoms with Crippen LogP contribution >= 0.6 is 0 Å². The van der Waals surface area contributed by atoms with Crippen LogP contribution in [0.5, 0.6) is 0 Å². The molecule has 0 aromatic heterocycles. The highest BCUT2D eigenvalue weighted by atomic mass is 16.3. The van der Waals surface area contributed by atoms with Crippen molar-refractivity contribution in [3.63, 3.8) is 0 Å². The first kappa shape index (κ1) is 13.1. The first-order chi connectivity index (χ1) is 8.72. The van der Waals surface area contributed by atoms with Gasteiger partial charge in [-0.2, -0.15) is 0 Å². The van der Waals surface area contributed by atoms with Gasteiger partial charge in [-0.25, -0.2) is 0 Å². The summed E-state index contributed by atoms with van der Waals surface area (Å²) >= 11 is 0. The van der Waals surface area contributed by atoms with Gasteiger partial charge in [-0.05, 0) is 24.8 Å². The fourth-order valence-electron chi connectivity index (χ4n) is 2.60. The maximum Gasteiger partial charge on any atom is 0.222 e. The Bertz CT molecular complexity index is 391. The third-order valence-electron chi connectivity index (χ3n) is 3.66. The van der Waals surface area contributed by atoms with Gasteiger partial charge in [0, 0.05) is 13.0 Å². The lowest BCUT2D eigenvalue weighted by Crippen LogP contribution is -2.45. The fourth-order valence-corrected chi connectivity index (χ4v) is 2.60. The average molecular weight is 247 g/mol. The number of aliphatic hydroxyl groups is 1. The van der Waals surface area contributed by atoms with Crippen LogP contribution in [0, 0.1) is 0 Å². The van der Waals surface area contributed by atoms with E-state index in [0.717, 1.165) is 19.4 Å². The monoisotopic (exact) mass is 247 g/mol. The lowest BCUT2D eigenvalue weighted by molar-refractivity contribution is -0.132. The summed E-state index contributed by atoms with van der Waals surface area (Å²) in [5.74, 6) is 0.184. The molecular weight excluding hydrogens is 226 g/mol. The Morgan fingerprint density at radius 1 is 1.33 bits per heavy atom. The van der Waals surface area contributed by atoms with Crippen molar-refractivity contribution in [2.45, 2.75) is 44.8 Å². The Morgan fingerprint density at radius 2 is 2.06 bits per heavy atom. The van der Waals surface area contributed by atoms with Crippen LogP contribution in [0.1, 0.15) is 31.7 Å². The number of hydrogen-bond donors (Lipinski definition) is 1. The van der Waals surface area contributed by atoms with Crippen LogP contribution in [0.25, 0.3) is 0 Å². The Balaban J connectivity index is 2.12. The lowest BCUT2D eigenvalue weighted by Gasteiger charge is -2.31. The molecule has 3 heteroatoms. The van der Waals surface area contributed by atoms with Crippen molar-refractivity contribution in [2.75, 3.05) is 6.54 Å². The molecule has 0 bridgehead atoms. The number of nitrogens with zero attached hydrogens (tertiary/aromatic N) is 1. The van der Waals surface area contributed by atoms with Crippen LogP contribution in [0.3, 0.4) is 0 Å². The standard InChI is InChI=1S/C15H21NO2/c1-2-14(17)13(16-10-6-9-15(16)18)11-12-7-4-3-5-8-12/h3-5,7-8,13-14,17H,2,6,9-11H2,1H3. The second-order valence-electron chi connectivity index (χ2n) is 4.92. The molecule has 18 heavy (non-hydrogen) atoms. The van der Waals surface area contributed by atoms with E-state index in [-0.39, 0.29) is 11.9 Å². The van der Waals surface area contributed by atoms with Crippen molar-refractivity contribution < 1.29 is 9.90 Å². The Labute approximate surface area is 108 Å². The van der Waals surface area contributed by atoms with E-state index in [0.29, 0.717) is 12.8 Å². The molecule has 3 nitrogen and oxygen atoms in total.